The molecule has 0 spiro atoms. The van der Waals surface area contributed by atoms with Crippen molar-refractivity contribution < 1.29 is 0 Å². The number of hydrogen-bond acceptors (Lipinski definition) is 3. The lowest BCUT2D eigenvalue weighted by atomic mass is 10.0. The van der Waals surface area contributed by atoms with Gasteiger partial charge < -0.3 is 10.2 Å². The molecule has 3 heteroatoms. The summed E-state index contributed by atoms with van der Waals surface area (Å²) in [4.78, 5) is 7.08. The molecular formula is C18H31N3. The van der Waals surface area contributed by atoms with Gasteiger partial charge in [0, 0.05) is 37.3 Å². The highest BCUT2D eigenvalue weighted by Gasteiger charge is 2.36. The Morgan fingerprint density at radius 2 is 1.90 bits per heavy atom. The van der Waals surface area contributed by atoms with Crippen molar-refractivity contribution in [1.82, 2.24) is 10.2 Å². The Labute approximate surface area is 130 Å². The molecule has 2 aliphatic rings. The third kappa shape index (κ3) is 4.70. The molecule has 2 rings (SSSR count). The molecule has 2 fully saturated rings. The Bertz CT molecular complexity index is 405. The molecule has 1 saturated heterocycles. The van der Waals surface area contributed by atoms with Gasteiger partial charge in [-0.25, -0.2) is 4.99 Å². The highest BCUT2D eigenvalue weighted by atomic mass is 15.2. The Kier molecular flexibility index (Phi) is 5.26. The average molecular weight is 289 g/mol. The van der Waals surface area contributed by atoms with Crippen molar-refractivity contribution in [1.29, 1.82) is 0 Å². The molecule has 0 aromatic rings. The first-order valence-electron chi connectivity index (χ1n) is 8.28. The maximum atomic E-state index is 4.71. The zero-order chi connectivity index (χ0) is 15.5. The van der Waals surface area contributed by atoms with Gasteiger partial charge in [0.15, 0.2) is 0 Å². The van der Waals surface area contributed by atoms with E-state index in [1.165, 1.54) is 19.3 Å². The first-order chi connectivity index (χ1) is 9.89. The maximum absolute atomic E-state index is 4.71. The molecule has 118 valence electrons. The Morgan fingerprint density at radius 1 is 1.29 bits per heavy atom. The summed E-state index contributed by atoms with van der Waals surface area (Å²) in [5.41, 5.74) is 1.18. The zero-order valence-corrected chi connectivity index (χ0v) is 14.0. The summed E-state index contributed by atoms with van der Waals surface area (Å²) in [5.74, 6) is 2.69. The highest BCUT2D eigenvalue weighted by Crippen LogP contribution is 2.38. The summed E-state index contributed by atoms with van der Waals surface area (Å²) in [5, 5.41) is 3.49. The summed E-state index contributed by atoms with van der Waals surface area (Å²) >= 11 is 0. The normalized spacial score (nSPS) is 26.0. The van der Waals surface area contributed by atoms with Crippen LogP contribution in [-0.4, -0.2) is 35.8 Å². The molecule has 0 radical (unpaired) electrons. The molecule has 2 unspecified atom stereocenters. The molecule has 0 bridgehead atoms. The fourth-order valence-electron chi connectivity index (χ4n) is 3.45. The number of rotatable bonds is 6. The van der Waals surface area contributed by atoms with Gasteiger partial charge in [0.1, 0.15) is 5.82 Å². The number of aliphatic imine (C=N–C) groups is 1. The molecule has 1 N–H and O–H groups in total. The van der Waals surface area contributed by atoms with Crippen LogP contribution < -0.4 is 5.32 Å². The SMILES string of the molecule is C=C/C(CCNC(C)(C)C)=N\C(=C)N1CC2CCCC2C1. The smallest absolute Gasteiger partial charge is 0.121 e. The Balaban J connectivity index is 1.84. The predicted molar refractivity (Wildman–Crippen MR) is 91.5 cm³/mol. The number of likely N-dealkylation sites (tertiary alicyclic amines) is 1. The van der Waals surface area contributed by atoms with Crippen molar-refractivity contribution in [3.8, 4) is 0 Å². The number of nitrogens with zero attached hydrogens (tertiary/aromatic N) is 2. The van der Waals surface area contributed by atoms with Gasteiger partial charge in [0.05, 0.1) is 0 Å². The molecule has 2 atom stereocenters. The summed E-state index contributed by atoms with van der Waals surface area (Å²) in [6.07, 6.45) is 6.96. The third-order valence-electron chi connectivity index (χ3n) is 4.64. The fraction of sp³-hybridized carbons (Fsp3) is 0.722. The molecule has 1 aliphatic carbocycles. The van der Waals surface area contributed by atoms with Crippen molar-refractivity contribution in [2.75, 3.05) is 19.6 Å². The minimum Gasteiger partial charge on any atom is -0.357 e. The van der Waals surface area contributed by atoms with E-state index in [1.54, 1.807) is 0 Å². The minimum atomic E-state index is 0.148. The van der Waals surface area contributed by atoms with E-state index in [1.807, 2.05) is 6.08 Å². The summed E-state index contributed by atoms with van der Waals surface area (Å²) in [6, 6.07) is 0. The minimum absolute atomic E-state index is 0.148. The monoisotopic (exact) mass is 289 g/mol. The van der Waals surface area contributed by atoms with E-state index in [9.17, 15) is 0 Å². The van der Waals surface area contributed by atoms with Crippen LogP contribution in [0.5, 0.6) is 0 Å². The molecule has 0 aromatic heterocycles. The van der Waals surface area contributed by atoms with Crippen molar-refractivity contribution >= 4 is 5.71 Å². The Hall–Kier alpha value is -1.09. The lowest BCUT2D eigenvalue weighted by molar-refractivity contribution is 0.385. The van der Waals surface area contributed by atoms with Crippen LogP contribution >= 0.6 is 0 Å². The molecular weight excluding hydrogens is 258 g/mol. The van der Waals surface area contributed by atoms with E-state index in [0.29, 0.717) is 0 Å². The van der Waals surface area contributed by atoms with Gasteiger partial charge in [-0.1, -0.05) is 19.6 Å². The van der Waals surface area contributed by atoms with Crippen LogP contribution in [0.4, 0.5) is 0 Å². The van der Waals surface area contributed by atoms with Gasteiger partial charge in [-0.2, -0.15) is 0 Å². The summed E-state index contributed by atoms with van der Waals surface area (Å²) in [6.45, 7) is 17.8. The van der Waals surface area contributed by atoms with Crippen LogP contribution in [0, 0.1) is 11.8 Å². The first-order valence-corrected chi connectivity index (χ1v) is 8.28. The van der Waals surface area contributed by atoms with Crippen molar-refractivity contribution in [2.45, 2.75) is 52.0 Å². The van der Waals surface area contributed by atoms with Gasteiger partial charge >= 0.3 is 0 Å². The topological polar surface area (TPSA) is 27.6 Å². The summed E-state index contributed by atoms with van der Waals surface area (Å²) < 4.78 is 0. The molecule has 1 heterocycles. The van der Waals surface area contributed by atoms with E-state index in [2.05, 4.69) is 44.1 Å². The quantitative estimate of drug-likeness (QED) is 0.757. The van der Waals surface area contributed by atoms with Gasteiger partial charge in [-0.15, -0.1) is 0 Å². The van der Waals surface area contributed by atoms with E-state index in [-0.39, 0.29) is 5.54 Å². The molecule has 3 nitrogen and oxygen atoms in total. The summed E-state index contributed by atoms with van der Waals surface area (Å²) in [7, 11) is 0. The number of allylic oxidation sites excluding steroid dienone is 1. The second kappa shape index (κ2) is 6.78. The Morgan fingerprint density at radius 3 is 2.43 bits per heavy atom. The standard InChI is InChI=1S/C18H31N3/c1-6-17(10-11-19-18(3,4)5)20-14(2)21-12-15-8-7-9-16(15)13-21/h6,15-16,19H,1-2,7-13H2,3-5H3/b20-17+. The van der Waals surface area contributed by atoms with Crippen molar-refractivity contribution in [3.05, 3.63) is 25.1 Å². The van der Waals surface area contributed by atoms with Crippen LogP contribution in [0.2, 0.25) is 0 Å². The first kappa shape index (κ1) is 16.3. The van der Waals surface area contributed by atoms with Gasteiger partial charge in [-0.3, -0.25) is 0 Å². The largest absolute Gasteiger partial charge is 0.357 e. The van der Waals surface area contributed by atoms with E-state index >= 15 is 0 Å². The number of nitrogens with one attached hydrogen (secondary N) is 1. The van der Waals surface area contributed by atoms with E-state index in [0.717, 1.165) is 49.4 Å². The van der Waals surface area contributed by atoms with Crippen LogP contribution in [0.15, 0.2) is 30.0 Å². The average Bonchev–Trinajstić information content (AvgIpc) is 2.96. The fourth-order valence-corrected chi connectivity index (χ4v) is 3.45. The van der Waals surface area contributed by atoms with Gasteiger partial charge in [0.25, 0.3) is 0 Å². The number of hydrogen-bond donors (Lipinski definition) is 1. The zero-order valence-electron chi connectivity index (χ0n) is 14.0. The second-order valence-electron chi connectivity index (χ2n) is 7.51. The molecule has 21 heavy (non-hydrogen) atoms. The lowest BCUT2D eigenvalue weighted by Crippen LogP contribution is -2.37. The number of fused-ring (bicyclic) bond motifs is 1. The highest BCUT2D eigenvalue weighted by molar-refractivity contribution is 5.95. The predicted octanol–water partition coefficient (Wildman–Crippen LogP) is 3.59. The maximum Gasteiger partial charge on any atom is 0.121 e. The van der Waals surface area contributed by atoms with Crippen LogP contribution in [0.3, 0.4) is 0 Å². The third-order valence-corrected chi connectivity index (χ3v) is 4.64. The van der Waals surface area contributed by atoms with Crippen molar-refractivity contribution in [2.24, 2.45) is 16.8 Å². The van der Waals surface area contributed by atoms with Crippen LogP contribution in [0.1, 0.15) is 46.5 Å². The molecule has 0 aromatic carbocycles. The van der Waals surface area contributed by atoms with E-state index < -0.39 is 0 Å². The van der Waals surface area contributed by atoms with Crippen LogP contribution in [-0.2, 0) is 0 Å². The van der Waals surface area contributed by atoms with Gasteiger partial charge in [0.2, 0.25) is 0 Å². The van der Waals surface area contributed by atoms with Crippen LogP contribution in [0.25, 0.3) is 0 Å². The lowest BCUT2D eigenvalue weighted by Gasteiger charge is -2.21. The molecule has 1 aliphatic heterocycles. The van der Waals surface area contributed by atoms with Crippen molar-refractivity contribution in [3.63, 3.8) is 0 Å². The molecule has 1 saturated carbocycles. The van der Waals surface area contributed by atoms with E-state index in [4.69, 9.17) is 4.99 Å². The van der Waals surface area contributed by atoms with Gasteiger partial charge in [-0.05, 0) is 51.5 Å². The second-order valence-corrected chi connectivity index (χ2v) is 7.51. The molecule has 0 amide bonds.